The molecule has 0 heterocycles. The predicted octanol–water partition coefficient (Wildman–Crippen LogP) is 1.45. The van der Waals surface area contributed by atoms with Crippen molar-refractivity contribution in [3.8, 4) is 0 Å². The molecule has 0 aliphatic rings. The molecule has 0 aliphatic heterocycles. The van der Waals surface area contributed by atoms with Crippen LogP contribution in [0.3, 0.4) is 0 Å². The van der Waals surface area contributed by atoms with E-state index in [1.807, 2.05) is 7.05 Å². The van der Waals surface area contributed by atoms with E-state index in [0.29, 0.717) is 12.6 Å². The van der Waals surface area contributed by atoms with Crippen LogP contribution in [-0.4, -0.2) is 37.1 Å². The summed E-state index contributed by atoms with van der Waals surface area (Å²) in [5, 5.41) is 0. The Morgan fingerprint density at radius 2 is 2.15 bits per heavy atom. The zero-order valence-electron chi connectivity index (χ0n) is 8.91. The first-order chi connectivity index (χ1) is 6.07. The number of hydrogen-bond donors (Lipinski definition) is 0. The number of hydrogen-bond acceptors (Lipinski definition) is 3. The molecule has 0 aromatic carbocycles. The van der Waals surface area contributed by atoms with E-state index < -0.39 is 0 Å². The maximum atomic E-state index is 10.9. The average molecular weight is 185 g/mol. The highest BCUT2D eigenvalue weighted by Gasteiger charge is 2.03. The Bertz CT molecular complexity index is 176. The van der Waals surface area contributed by atoms with Crippen molar-refractivity contribution in [2.45, 2.75) is 26.8 Å². The van der Waals surface area contributed by atoms with Gasteiger partial charge in [-0.25, -0.2) is 4.79 Å². The first-order valence-corrected chi connectivity index (χ1v) is 4.57. The normalized spacial score (nSPS) is 11.5. The SMILES string of the molecule is C/C=C/C(=O)OCCN(C)C(C)C. The van der Waals surface area contributed by atoms with E-state index in [1.165, 1.54) is 6.08 Å². The van der Waals surface area contributed by atoms with Gasteiger partial charge in [-0.05, 0) is 27.8 Å². The van der Waals surface area contributed by atoms with Gasteiger partial charge in [0, 0.05) is 18.7 Å². The minimum atomic E-state index is -0.264. The fraction of sp³-hybridized carbons (Fsp3) is 0.700. The molecule has 3 heteroatoms. The Labute approximate surface area is 80.4 Å². The summed E-state index contributed by atoms with van der Waals surface area (Å²) in [6.07, 6.45) is 3.10. The van der Waals surface area contributed by atoms with Gasteiger partial charge in [0.05, 0.1) is 0 Å². The molecule has 0 aromatic heterocycles. The molecule has 0 fully saturated rings. The van der Waals surface area contributed by atoms with Gasteiger partial charge in [-0.1, -0.05) is 6.08 Å². The maximum absolute atomic E-state index is 10.9. The summed E-state index contributed by atoms with van der Waals surface area (Å²) >= 11 is 0. The van der Waals surface area contributed by atoms with Gasteiger partial charge in [-0.2, -0.15) is 0 Å². The van der Waals surface area contributed by atoms with Crippen molar-refractivity contribution in [2.75, 3.05) is 20.2 Å². The third-order valence-corrected chi connectivity index (χ3v) is 1.87. The third-order valence-electron chi connectivity index (χ3n) is 1.87. The molecule has 3 nitrogen and oxygen atoms in total. The molecule has 13 heavy (non-hydrogen) atoms. The molecule has 0 spiro atoms. The summed E-state index contributed by atoms with van der Waals surface area (Å²) in [6.45, 7) is 7.24. The van der Waals surface area contributed by atoms with Crippen LogP contribution in [0.1, 0.15) is 20.8 Å². The van der Waals surface area contributed by atoms with Crippen molar-refractivity contribution < 1.29 is 9.53 Å². The number of carbonyl (C=O) groups excluding carboxylic acids is 1. The predicted molar refractivity (Wildman–Crippen MR) is 53.5 cm³/mol. The van der Waals surface area contributed by atoms with Crippen molar-refractivity contribution in [2.24, 2.45) is 0 Å². The molecule has 0 aliphatic carbocycles. The van der Waals surface area contributed by atoms with Crippen LogP contribution in [0, 0.1) is 0 Å². The number of carbonyl (C=O) groups is 1. The second-order valence-electron chi connectivity index (χ2n) is 3.24. The molecule has 0 aromatic rings. The molecule has 0 unspecified atom stereocenters. The number of allylic oxidation sites excluding steroid dienone is 1. The minimum Gasteiger partial charge on any atom is -0.461 e. The summed E-state index contributed by atoms with van der Waals surface area (Å²) in [6, 6.07) is 0.486. The van der Waals surface area contributed by atoms with Gasteiger partial charge < -0.3 is 9.64 Å². The molecular weight excluding hydrogens is 166 g/mol. The quantitative estimate of drug-likeness (QED) is 0.479. The molecule has 0 N–H and O–H groups in total. The number of ether oxygens (including phenoxy) is 1. The van der Waals surface area contributed by atoms with E-state index in [2.05, 4.69) is 18.7 Å². The van der Waals surface area contributed by atoms with Gasteiger partial charge in [-0.3, -0.25) is 0 Å². The van der Waals surface area contributed by atoms with Crippen LogP contribution in [0.25, 0.3) is 0 Å². The lowest BCUT2D eigenvalue weighted by atomic mass is 10.3. The van der Waals surface area contributed by atoms with E-state index in [9.17, 15) is 4.79 Å². The van der Waals surface area contributed by atoms with Crippen molar-refractivity contribution in [3.63, 3.8) is 0 Å². The molecule has 0 rings (SSSR count). The van der Waals surface area contributed by atoms with Gasteiger partial charge in [-0.15, -0.1) is 0 Å². The van der Waals surface area contributed by atoms with Crippen LogP contribution in [0.4, 0.5) is 0 Å². The summed E-state index contributed by atoms with van der Waals surface area (Å²) in [7, 11) is 2.01. The summed E-state index contributed by atoms with van der Waals surface area (Å²) < 4.78 is 4.94. The van der Waals surface area contributed by atoms with Gasteiger partial charge >= 0.3 is 5.97 Å². The smallest absolute Gasteiger partial charge is 0.330 e. The van der Waals surface area contributed by atoms with Crippen LogP contribution < -0.4 is 0 Å². The van der Waals surface area contributed by atoms with Gasteiger partial charge in [0.1, 0.15) is 6.61 Å². The lowest BCUT2D eigenvalue weighted by molar-refractivity contribution is -0.138. The molecule has 0 atom stereocenters. The van der Waals surface area contributed by atoms with E-state index >= 15 is 0 Å². The summed E-state index contributed by atoms with van der Waals surface area (Å²) in [4.78, 5) is 13.0. The van der Waals surface area contributed by atoms with E-state index in [1.54, 1.807) is 13.0 Å². The van der Waals surface area contributed by atoms with E-state index in [0.717, 1.165) is 6.54 Å². The Kier molecular flexibility index (Phi) is 6.24. The van der Waals surface area contributed by atoms with Crippen LogP contribution in [-0.2, 0) is 9.53 Å². The second-order valence-corrected chi connectivity index (χ2v) is 3.24. The zero-order chi connectivity index (χ0) is 10.3. The number of esters is 1. The monoisotopic (exact) mass is 185 g/mol. The van der Waals surface area contributed by atoms with Crippen LogP contribution in [0.15, 0.2) is 12.2 Å². The molecule has 0 amide bonds. The van der Waals surface area contributed by atoms with E-state index in [-0.39, 0.29) is 5.97 Å². The topological polar surface area (TPSA) is 29.5 Å². The number of nitrogens with zero attached hydrogens (tertiary/aromatic N) is 1. The molecular formula is C10H19NO2. The molecule has 0 saturated heterocycles. The van der Waals surface area contributed by atoms with Crippen LogP contribution in [0.2, 0.25) is 0 Å². The fourth-order valence-corrected chi connectivity index (χ4v) is 0.733. The fourth-order valence-electron chi connectivity index (χ4n) is 0.733. The molecule has 0 radical (unpaired) electrons. The lowest BCUT2D eigenvalue weighted by Gasteiger charge is -2.20. The highest BCUT2D eigenvalue weighted by Crippen LogP contribution is 1.92. The minimum absolute atomic E-state index is 0.264. The van der Waals surface area contributed by atoms with Gasteiger partial charge in [0.25, 0.3) is 0 Å². The Hall–Kier alpha value is -0.830. The van der Waals surface area contributed by atoms with Crippen LogP contribution in [0.5, 0.6) is 0 Å². The largest absolute Gasteiger partial charge is 0.461 e. The Morgan fingerprint density at radius 1 is 1.54 bits per heavy atom. The highest BCUT2D eigenvalue weighted by atomic mass is 16.5. The molecule has 0 saturated carbocycles. The summed E-state index contributed by atoms with van der Waals surface area (Å²) in [5.74, 6) is -0.264. The third kappa shape index (κ3) is 6.34. The van der Waals surface area contributed by atoms with Gasteiger partial charge in [0.2, 0.25) is 0 Å². The Balaban J connectivity index is 3.50. The second kappa shape index (κ2) is 6.66. The van der Waals surface area contributed by atoms with Crippen molar-refractivity contribution in [3.05, 3.63) is 12.2 Å². The van der Waals surface area contributed by atoms with Crippen molar-refractivity contribution in [1.29, 1.82) is 0 Å². The first-order valence-electron chi connectivity index (χ1n) is 4.57. The zero-order valence-corrected chi connectivity index (χ0v) is 8.91. The van der Waals surface area contributed by atoms with Gasteiger partial charge in [0.15, 0.2) is 0 Å². The molecule has 0 bridgehead atoms. The highest BCUT2D eigenvalue weighted by molar-refractivity contribution is 5.81. The average Bonchev–Trinajstić information content (AvgIpc) is 2.04. The summed E-state index contributed by atoms with van der Waals surface area (Å²) in [5.41, 5.74) is 0. The first kappa shape index (κ1) is 12.2. The van der Waals surface area contributed by atoms with E-state index in [4.69, 9.17) is 4.74 Å². The standard InChI is InChI=1S/C10H19NO2/c1-5-6-10(12)13-8-7-11(4)9(2)3/h5-6,9H,7-8H2,1-4H3/b6-5+. The maximum Gasteiger partial charge on any atom is 0.330 e. The number of likely N-dealkylation sites (N-methyl/N-ethyl adjacent to an activating group) is 1. The van der Waals surface area contributed by atoms with Crippen LogP contribution >= 0.6 is 0 Å². The van der Waals surface area contributed by atoms with Crippen molar-refractivity contribution >= 4 is 5.97 Å². The molecule has 76 valence electrons. The number of rotatable bonds is 5. The Morgan fingerprint density at radius 3 is 2.62 bits per heavy atom. The van der Waals surface area contributed by atoms with Crippen molar-refractivity contribution in [1.82, 2.24) is 4.90 Å². The lowest BCUT2D eigenvalue weighted by Crippen LogP contribution is -2.30.